The average molecular weight is 404 g/mol. The summed E-state index contributed by atoms with van der Waals surface area (Å²) in [7, 11) is 0. The van der Waals surface area contributed by atoms with E-state index < -0.39 is 42.5 Å². The molecule has 0 aliphatic carbocycles. The van der Waals surface area contributed by atoms with Crippen molar-refractivity contribution in [1.29, 1.82) is 0 Å². The summed E-state index contributed by atoms with van der Waals surface area (Å²) >= 11 is 1.51. The van der Waals surface area contributed by atoms with Crippen LogP contribution < -0.4 is 21.3 Å². The van der Waals surface area contributed by atoms with Crippen LogP contribution in [0.1, 0.15) is 26.2 Å². The van der Waals surface area contributed by atoms with Gasteiger partial charge in [-0.3, -0.25) is 19.2 Å². The molecule has 6 N–H and O–H groups in total. The van der Waals surface area contributed by atoms with Gasteiger partial charge in [0.15, 0.2) is 0 Å². The van der Waals surface area contributed by atoms with Crippen molar-refractivity contribution in [2.75, 3.05) is 25.1 Å². The molecule has 0 saturated carbocycles. The number of aliphatic carboxylic acids is 1. The normalized spacial score (nSPS) is 19.6. The lowest BCUT2D eigenvalue weighted by Crippen LogP contribution is -2.58. The zero-order valence-electron chi connectivity index (χ0n) is 15.5. The molecule has 0 radical (unpaired) electrons. The van der Waals surface area contributed by atoms with Crippen LogP contribution in [0.4, 0.5) is 0 Å². The third-order valence-electron chi connectivity index (χ3n) is 4.10. The van der Waals surface area contributed by atoms with Crippen LogP contribution in [-0.4, -0.2) is 83.2 Å². The molecule has 1 saturated heterocycles. The van der Waals surface area contributed by atoms with Crippen molar-refractivity contribution in [1.82, 2.24) is 21.3 Å². The smallest absolute Gasteiger partial charge is 0.322 e. The van der Waals surface area contributed by atoms with E-state index in [2.05, 4.69) is 21.3 Å². The number of amides is 3. The molecule has 1 heterocycles. The van der Waals surface area contributed by atoms with E-state index in [9.17, 15) is 24.3 Å². The fourth-order valence-electron chi connectivity index (χ4n) is 2.62. The Hall–Kier alpha value is -1.85. The van der Waals surface area contributed by atoms with Gasteiger partial charge in [0.25, 0.3) is 0 Å². The standard InChI is InChI=1S/C16H28N4O6S/c1-9(21)13(16(26)18-8-12(22)23)20-15(25)11(5-7-27-2)19-14(24)10-4-3-6-17-10/h9-11,13,17,21H,3-8H2,1-2H3,(H,18,26)(H,19,24)(H,20,25)(H,22,23). The number of aliphatic hydroxyl groups is 1. The lowest BCUT2D eigenvalue weighted by molar-refractivity contribution is -0.139. The monoisotopic (exact) mass is 404 g/mol. The zero-order valence-corrected chi connectivity index (χ0v) is 16.3. The molecule has 0 aromatic carbocycles. The molecule has 0 bridgehead atoms. The Morgan fingerprint density at radius 2 is 1.93 bits per heavy atom. The Morgan fingerprint density at radius 1 is 1.22 bits per heavy atom. The van der Waals surface area contributed by atoms with Gasteiger partial charge in [0.05, 0.1) is 12.1 Å². The van der Waals surface area contributed by atoms with Crippen molar-refractivity contribution in [3.8, 4) is 0 Å². The van der Waals surface area contributed by atoms with E-state index in [1.165, 1.54) is 18.7 Å². The van der Waals surface area contributed by atoms with E-state index in [1.54, 1.807) is 0 Å². The fraction of sp³-hybridized carbons (Fsp3) is 0.750. The molecule has 10 nitrogen and oxygen atoms in total. The lowest BCUT2D eigenvalue weighted by Gasteiger charge is -2.25. The lowest BCUT2D eigenvalue weighted by atomic mass is 10.1. The number of carbonyl (C=O) groups is 4. The predicted octanol–water partition coefficient (Wildman–Crippen LogP) is -1.96. The van der Waals surface area contributed by atoms with Crippen LogP contribution in [0.2, 0.25) is 0 Å². The highest BCUT2D eigenvalue weighted by molar-refractivity contribution is 7.98. The van der Waals surface area contributed by atoms with Gasteiger partial charge in [-0.1, -0.05) is 0 Å². The number of carbonyl (C=O) groups excluding carboxylic acids is 3. The minimum atomic E-state index is -1.32. The summed E-state index contributed by atoms with van der Waals surface area (Å²) in [6.45, 7) is 1.43. The van der Waals surface area contributed by atoms with Gasteiger partial charge in [0, 0.05) is 0 Å². The van der Waals surface area contributed by atoms with Crippen molar-refractivity contribution in [2.45, 2.75) is 50.4 Å². The minimum absolute atomic E-state index is 0.280. The third-order valence-corrected chi connectivity index (χ3v) is 4.74. The van der Waals surface area contributed by atoms with Crippen LogP contribution in [-0.2, 0) is 19.2 Å². The fourth-order valence-corrected chi connectivity index (χ4v) is 3.09. The van der Waals surface area contributed by atoms with Crippen molar-refractivity contribution in [2.24, 2.45) is 0 Å². The van der Waals surface area contributed by atoms with Crippen molar-refractivity contribution < 1.29 is 29.4 Å². The minimum Gasteiger partial charge on any atom is -0.480 e. The van der Waals surface area contributed by atoms with Gasteiger partial charge in [-0.05, 0) is 44.7 Å². The van der Waals surface area contributed by atoms with E-state index in [4.69, 9.17) is 5.11 Å². The molecule has 1 rings (SSSR count). The van der Waals surface area contributed by atoms with Crippen LogP contribution in [0.15, 0.2) is 0 Å². The maximum Gasteiger partial charge on any atom is 0.322 e. The zero-order chi connectivity index (χ0) is 20.4. The van der Waals surface area contributed by atoms with E-state index >= 15 is 0 Å². The molecule has 27 heavy (non-hydrogen) atoms. The second kappa shape index (κ2) is 11.8. The number of rotatable bonds is 11. The average Bonchev–Trinajstić information content (AvgIpc) is 3.15. The Morgan fingerprint density at radius 3 is 2.44 bits per heavy atom. The van der Waals surface area contributed by atoms with Gasteiger partial charge in [0.1, 0.15) is 18.6 Å². The van der Waals surface area contributed by atoms with Crippen molar-refractivity contribution in [3.05, 3.63) is 0 Å². The van der Waals surface area contributed by atoms with Gasteiger partial charge in [-0.2, -0.15) is 11.8 Å². The molecule has 1 aliphatic heterocycles. The summed E-state index contributed by atoms with van der Waals surface area (Å²) < 4.78 is 0. The molecule has 3 amide bonds. The molecule has 4 atom stereocenters. The van der Waals surface area contributed by atoms with E-state index in [-0.39, 0.29) is 11.9 Å². The van der Waals surface area contributed by atoms with Crippen LogP contribution in [0, 0.1) is 0 Å². The maximum absolute atomic E-state index is 12.6. The van der Waals surface area contributed by atoms with Crippen LogP contribution in [0.25, 0.3) is 0 Å². The summed E-state index contributed by atoms with van der Waals surface area (Å²) in [5.74, 6) is -2.33. The summed E-state index contributed by atoms with van der Waals surface area (Å²) in [5.41, 5.74) is 0. The number of thioether (sulfide) groups is 1. The Bertz CT molecular complexity index is 539. The quantitative estimate of drug-likeness (QED) is 0.232. The van der Waals surface area contributed by atoms with Crippen molar-refractivity contribution >= 4 is 35.5 Å². The number of carboxylic acids is 1. The summed E-state index contributed by atoms with van der Waals surface area (Å²) in [6.07, 6.45) is 2.56. The Kier molecular flexibility index (Phi) is 10.1. The Balaban J connectivity index is 2.74. The highest BCUT2D eigenvalue weighted by Gasteiger charge is 2.31. The highest BCUT2D eigenvalue weighted by Crippen LogP contribution is 2.08. The van der Waals surface area contributed by atoms with Crippen LogP contribution in [0.3, 0.4) is 0 Å². The number of carboxylic acid groups (broad SMARTS) is 1. The van der Waals surface area contributed by atoms with E-state index in [1.807, 2.05) is 6.26 Å². The number of nitrogens with one attached hydrogen (secondary N) is 4. The van der Waals surface area contributed by atoms with E-state index in [0.29, 0.717) is 18.6 Å². The van der Waals surface area contributed by atoms with Gasteiger partial charge in [-0.15, -0.1) is 0 Å². The first-order chi connectivity index (χ1) is 12.8. The highest BCUT2D eigenvalue weighted by atomic mass is 32.2. The molecule has 4 unspecified atom stereocenters. The van der Waals surface area contributed by atoms with Gasteiger partial charge in [0.2, 0.25) is 17.7 Å². The molecule has 0 aromatic heterocycles. The first-order valence-electron chi connectivity index (χ1n) is 8.77. The largest absolute Gasteiger partial charge is 0.480 e. The molecule has 1 fully saturated rings. The second-order valence-corrected chi connectivity index (χ2v) is 7.32. The maximum atomic E-state index is 12.6. The molecule has 1 aliphatic rings. The van der Waals surface area contributed by atoms with E-state index in [0.717, 1.165) is 13.0 Å². The molecular weight excluding hydrogens is 376 g/mol. The SMILES string of the molecule is CSCCC(NC(=O)C1CCCN1)C(=O)NC(C(=O)NCC(=O)O)C(C)O. The van der Waals surface area contributed by atoms with Crippen molar-refractivity contribution in [3.63, 3.8) is 0 Å². The topological polar surface area (TPSA) is 157 Å². The van der Waals surface area contributed by atoms with Crippen LogP contribution >= 0.6 is 11.8 Å². The predicted molar refractivity (Wildman–Crippen MR) is 100 cm³/mol. The van der Waals surface area contributed by atoms with Gasteiger partial charge < -0.3 is 31.5 Å². The molecular formula is C16H28N4O6S. The summed E-state index contributed by atoms with van der Waals surface area (Å²) in [6, 6.07) is -2.53. The van der Waals surface area contributed by atoms with Gasteiger partial charge in [-0.25, -0.2) is 0 Å². The number of aliphatic hydroxyl groups excluding tert-OH is 1. The summed E-state index contributed by atoms with van der Waals surface area (Å²) in [5, 5.41) is 28.7. The first kappa shape index (κ1) is 23.2. The first-order valence-corrected chi connectivity index (χ1v) is 10.2. The summed E-state index contributed by atoms with van der Waals surface area (Å²) in [4.78, 5) is 47.5. The second-order valence-electron chi connectivity index (χ2n) is 6.33. The third kappa shape index (κ3) is 8.14. The molecule has 154 valence electrons. The van der Waals surface area contributed by atoms with Gasteiger partial charge >= 0.3 is 5.97 Å². The van der Waals surface area contributed by atoms with Crippen LogP contribution in [0.5, 0.6) is 0 Å². The number of hydrogen-bond acceptors (Lipinski definition) is 7. The molecule has 11 heteroatoms. The molecule has 0 aromatic rings. The Labute approximate surface area is 162 Å². The number of hydrogen-bond donors (Lipinski definition) is 6. The molecule has 0 spiro atoms.